The zero-order chi connectivity index (χ0) is 16.1. The zero-order valence-electron chi connectivity index (χ0n) is 11.4. The van der Waals surface area contributed by atoms with Crippen LogP contribution in [0.2, 0.25) is 0 Å². The Bertz CT molecular complexity index is 671. The normalized spacial score (nSPS) is 11.7. The van der Waals surface area contributed by atoms with Crippen molar-refractivity contribution in [1.82, 2.24) is 5.32 Å². The van der Waals surface area contributed by atoms with Crippen LogP contribution in [0.1, 0.15) is 15.9 Å². The predicted octanol–water partition coefficient (Wildman–Crippen LogP) is 3.01. The third kappa shape index (κ3) is 4.39. The van der Waals surface area contributed by atoms with Gasteiger partial charge in [-0.25, -0.2) is 9.18 Å². The summed E-state index contributed by atoms with van der Waals surface area (Å²) >= 11 is 3.30. The van der Waals surface area contributed by atoms with Crippen molar-refractivity contribution in [1.29, 1.82) is 0 Å². The SMILES string of the molecule is O=C(N[C@H](Cc1ccc(Br)cc1)C(=O)O)c1ccc(F)cc1. The Kier molecular flexibility index (Phi) is 5.27. The lowest BCUT2D eigenvalue weighted by Gasteiger charge is -2.14. The highest BCUT2D eigenvalue weighted by Gasteiger charge is 2.21. The highest BCUT2D eigenvalue weighted by molar-refractivity contribution is 9.10. The maximum absolute atomic E-state index is 12.8. The molecule has 0 fully saturated rings. The van der Waals surface area contributed by atoms with Gasteiger partial charge in [0.15, 0.2) is 0 Å². The highest BCUT2D eigenvalue weighted by Crippen LogP contribution is 2.12. The molecular formula is C16H13BrFNO3. The van der Waals surface area contributed by atoms with Crippen LogP contribution in [0.4, 0.5) is 4.39 Å². The Morgan fingerprint density at radius 3 is 2.23 bits per heavy atom. The average molecular weight is 366 g/mol. The van der Waals surface area contributed by atoms with Gasteiger partial charge in [0, 0.05) is 16.5 Å². The summed E-state index contributed by atoms with van der Waals surface area (Å²) in [4.78, 5) is 23.3. The molecule has 22 heavy (non-hydrogen) atoms. The van der Waals surface area contributed by atoms with E-state index < -0.39 is 23.7 Å². The lowest BCUT2D eigenvalue weighted by atomic mass is 10.1. The van der Waals surface area contributed by atoms with Crippen molar-refractivity contribution in [3.8, 4) is 0 Å². The fourth-order valence-electron chi connectivity index (χ4n) is 1.90. The molecule has 0 aliphatic carbocycles. The molecule has 2 aromatic carbocycles. The minimum Gasteiger partial charge on any atom is -0.480 e. The second kappa shape index (κ2) is 7.17. The smallest absolute Gasteiger partial charge is 0.326 e. The van der Waals surface area contributed by atoms with Crippen molar-refractivity contribution in [2.45, 2.75) is 12.5 Å². The van der Waals surface area contributed by atoms with E-state index in [-0.39, 0.29) is 12.0 Å². The maximum Gasteiger partial charge on any atom is 0.326 e. The highest BCUT2D eigenvalue weighted by atomic mass is 79.9. The Hall–Kier alpha value is -2.21. The molecule has 114 valence electrons. The van der Waals surface area contributed by atoms with Crippen LogP contribution in [-0.4, -0.2) is 23.0 Å². The number of carbonyl (C=O) groups excluding carboxylic acids is 1. The summed E-state index contributed by atoms with van der Waals surface area (Å²) in [5, 5.41) is 11.7. The number of rotatable bonds is 5. The molecule has 0 unspecified atom stereocenters. The molecule has 4 nitrogen and oxygen atoms in total. The van der Waals surface area contributed by atoms with E-state index in [0.29, 0.717) is 0 Å². The van der Waals surface area contributed by atoms with Crippen molar-refractivity contribution in [2.24, 2.45) is 0 Å². The summed E-state index contributed by atoms with van der Waals surface area (Å²) in [5.74, 6) is -2.14. The first-order chi connectivity index (χ1) is 10.5. The molecule has 0 saturated carbocycles. The van der Waals surface area contributed by atoms with Gasteiger partial charge in [-0.2, -0.15) is 0 Å². The van der Waals surface area contributed by atoms with Crippen molar-refractivity contribution in [2.75, 3.05) is 0 Å². The van der Waals surface area contributed by atoms with Gasteiger partial charge in [0.05, 0.1) is 0 Å². The van der Waals surface area contributed by atoms with Gasteiger partial charge in [-0.15, -0.1) is 0 Å². The largest absolute Gasteiger partial charge is 0.480 e. The second-order valence-corrected chi connectivity index (χ2v) is 5.62. The average Bonchev–Trinajstić information content (AvgIpc) is 2.49. The Balaban J connectivity index is 2.08. The Labute approximate surface area is 135 Å². The van der Waals surface area contributed by atoms with E-state index in [1.54, 1.807) is 24.3 Å². The van der Waals surface area contributed by atoms with Gasteiger partial charge in [0.2, 0.25) is 0 Å². The quantitative estimate of drug-likeness (QED) is 0.855. The summed E-state index contributed by atoms with van der Waals surface area (Å²) in [6, 6.07) is 11.0. The van der Waals surface area contributed by atoms with Crippen LogP contribution < -0.4 is 5.32 Å². The number of aliphatic carboxylic acids is 1. The monoisotopic (exact) mass is 365 g/mol. The molecule has 1 amide bonds. The summed E-state index contributed by atoms with van der Waals surface area (Å²) < 4.78 is 13.7. The molecule has 0 aliphatic rings. The summed E-state index contributed by atoms with van der Waals surface area (Å²) in [5.41, 5.74) is 0.999. The number of amides is 1. The molecule has 0 aromatic heterocycles. The van der Waals surface area contributed by atoms with Crippen LogP contribution in [-0.2, 0) is 11.2 Å². The molecule has 0 bridgehead atoms. The van der Waals surface area contributed by atoms with Crippen molar-refractivity contribution in [3.63, 3.8) is 0 Å². The number of nitrogens with one attached hydrogen (secondary N) is 1. The van der Waals surface area contributed by atoms with Gasteiger partial charge < -0.3 is 10.4 Å². The zero-order valence-corrected chi connectivity index (χ0v) is 13.0. The van der Waals surface area contributed by atoms with E-state index in [9.17, 15) is 19.1 Å². The number of halogens is 2. The van der Waals surface area contributed by atoms with Gasteiger partial charge in [0.25, 0.3) is 5.91 Å². The van der Waals surface area contributed by atoms with E-state index in [1.165, 1.54) is 12.1 Å². The predicted molar refractivity (Wildman–Crippen MR) is 83.1 cm³/mol. The molecule has 0 aliphatic heterocycles. The lowest BCUT2D eigenvalue weighted by molar-refractivity contribution is -0.139. The minimum atomic E-state index is -1.13. The molecule has 0 saturated heterocycles. The summed E-state index contributed by atoms with van der Waals surface area (Å²) in [7, 11) is 0. The van der Waals surface area contributed by atoms with E-state index in [4.69, 9.17) is 0 Å². The van der Waals surface area contributed by atoms with E-state index >= 15 is 0 Å². The molecular weight excluding hydrogens is 353 g/mol. The first-order valence-electron chi connectivity index (χ1n) is 6.49. The molecule has 0 radical (unpaired) electrons. The summed E-state index contributed by atoms with van der Waals surface area (Å²) in [6.45, 7) is 0. The van der Waals surface area contributed by atoms with Crippen LogP contribution in [0, 0.1) is 5.82 Å². The molecule has 0 spiro atoms. The molecule has 2 aromatic rings. The Morgan fingerprint density at radius 1 is 1.09 bits per heavy atom. The number of carboxylic acids is 1. The topological polar surface area (TPSA) is 66.4 Å². The standard InChI is InChI=1S/C16H13BrFNO3/c17-12-5-1-10(2-6-12)9-14(16(21)22)19-15(20)11-3-7-13(18)8-4-11/h1-8,14H,9H2,(H,19,20)(H,21,22)/t14-/m1/s1. The van der Waals surface area contributed by atoms with Gasteiger partial charge in [-0.05, 0) is 42.0 Å². The molecule has 1 atom stereocenters. The van der Waals surface area contributed by atoms with Crippen molar-refractivity contribution >= 4 is 27.8 Å². The van der Waals surface area contributed by atoms with Gasteiger partial charge in [-0.1, -0.05) is 28.1 Å². The number of benzene rings is 2. The third-order valence-electron chi connectivity index (χ3n) is 3.06. The maximum atomic E-state index is 12.8. The van der Waals surface area contributed by atoms with Gasteiger partial charge in [-0.3, -0.25) is 4.79 Å². The molecule has 0 heterocycles. The van der Waals surface area contributed by atoms with Crippen LogP contribution in [0.3, 0.4) is 0 Å². The summed E-state index contributed by atoms with van der Waals surface area (Å²) in [6.07, 6.45) is 0.162. The first kappa shape index (κ1) is 16.2. The third-order valence-corrected chi connectivity index (χ3v) is 3.59. The van der Waals surface area contributed by atoms with E-state index in [0.717, 1.165) is 22.2 Å². The van der Waals surface area contributed by atoms with Crippen LogP contribution in [0.15, 0.2) is 53.0 Å². The minimum absolute atomic E-state index is 0.162. The molecule has 2 N–H and O–H groups in total. The van der Waals surface area contributed by atoms with Crippen LogP contribution in [0.5, 0.6) is 0 Å². The van der Waals surface area contributed by atoms with Crippen LogP contribution in [0.25, 0.3) is 0 Å². The molecule has 6 heteroatoms. The fourth-order valence-corrected chi connectivity index (χ4v) is 2.16. The van der Waals surface area contributed by atoms with Gasteiger partial charge in [0.1, 0.15) is 11.9 Å². The number of carboxylic acid groups (broad SMARTS) is 1. The first-order valence-corrected chi connectivity index (χ1v) is 7.28. The Morgan fingerprint density at radius 2 is 1.68 bits per heavy atom. The number of hydrogen-bond acceptors (Lipinski definition) is 2. The van der Waals surface area contributed by atoms with E-state index in [1.807, 2.05) is 0 Å². The fraction of sp³-hybridized carbons (Fsp3) is 0.125. The number of hydrogen-bond donors (Lipinski definition) is 2. The van der Waals surface area contributed by atoms with Crippen molar-refractivity contribution in [3.05, 3.63) is 69.9 Å². The van der Waals surface area contributed by atoms with Crippen LogP contribution >= 0.6 is 15.9 Å². The van der Waals surface area contributed by atoms with E-state index in [2.05, 4.69) is 21.2 Å². The van der Waals surface area contributed by atoms with Crippen molar-refractivity contribution < 1.29 is 19.1 Å². The lowest BCUT2D eigenvalue weighted by Crippen LogP contribution is -2.42. The molecule has 2 rings (SSSR count). The number of carbonyl (C=O) groups is 2. The van der Waals surface area contributed by atoms with Gasteiger partial charge >= 0.3 is 5.97 Å². The second-order valence-electron chi connectivity index (χ2n) is 4.70.